The van der Waals surface area contributed by atoms with E-state index in [0.717, 1.165) is 48.4 Å². The SMILES string of the molecule is CC(C(=O)Nc1ccc(S(=O)(=O)N2CCCCCC2)cc1)N(c1ccc(F)cc1)S(C)(=O)=O. The molecule has 1 amide bonds. The number of rotatable bonds is 7. The first-order valence-corrected chi connectivity index (χ1v) is 13.9. The molecule has 1 heterocycles. The van der Waals surface area contributed by atoms with Gasteiger partial charge in [-0.25, -0.2) is 21.2 Å². The first-order valence-electron chi connectivity index (χ1n) is 10.7. The van der Waals surface area contributed by atoms with Gasteiger partial charge >= 0.3 is 0 Å². The number of hydrogen-bond donors (Lipinski definition) is 1. The van der Waals surface area contributed by atoms with E-state index in [0.29, 0.717) is 18.8 Å². The molecule has 0 bridgehead atoms. The van der Waals surface area contributed by atoms with Gasteiger partial charge in [-0.05, 0) is 68.3 Å². The second-order valence-electron chi connectivity index (χ2n) is 8.04. The largest absolute Gasteiger partial charge is 0.324 e. The van der Waals surface area contributed by atoms with Crippen LogP contribution in [0.2, 0.25) is 0 Å². The van der Waals surface area contributed by atoms with Crippen molar-refractivity contribution < 1.29 is 26.0 Å². The molecule has 1 unspecified atom stereocenters. The van der Waals surface area contributed by atoms with Crippen molar-refractivity contribution in [3.05, 3.63) is 54.3 Å². The maximum Gasteiger partial charge on any atom is 0.247 e. The molecule has 0 spiro atoms. The van der Waals surface area contributed by atoms with Crippen LogP contribution in [0, 0.1) is 5.82 Å². The van der Waals surface area contributed by atoms with Crippen LogP contribution >= 0.6 is 0 Å². The summed E-state index contributed by atoms with van der Waals surface area (Å²) in [7, 11) is -7.46. The number of amides is 1. The topological polar surface area (TPSA) is 104 Å². The van der Waals surface area contributed by atoms with Crippen LogP contribution in [0.5, 0.6) is 0 Å². The summed E-state index contributed by atoms with van der Waals surface area (Å²) in [6, 6.07) is 9.44. The van der Waals surface area contributed by atoms with Crippen molar-refractivity contribution in [1.29, 1.82) is 0 Å². The highest BCUT2D eigenvalue weighted by molar-refractivity contribution is 7.92. The van der Waals surface area contributed by atoms with E-state index in [-0.39, 0.29) is 10.6 Å². The maximum absolute atomic E-state index is 13.3. The van der Waals surface area contributed by atoms with Crippen LogP contribution in [0.15, 0.2) is 53.4 Å². The molecule has 180 valence electrons. The van der Waals surface area contributed by atoms with Gasteiger partial charge < -0.3 is 5.32 Å². The van der Waals surface area contributed by atoms with Crippen molar-refractivity contribution in [3.8, 4) is 0 Å². The molecule has 8 nitrogen and oxygen atoms in total. The van der Waals surface area contributed by atoms with E-state index in [1.807, 2.05) is 0 Å². The second-order valence-corrected chi connectivity index (χ2v) is 11.8. The zero-order valence-corrected chi connectivity index (χ0v) is 20.2. The van der Waals surface area contributed by atoms with E-state index in [4.69, 9.17) is 0 Å². The molecule has 0 aromatic heterocycles. The fraction of sp³-hybridized carbons (Fsp3) is 0.409. The van der Waals surface area contributed by atoms with Crippen LogP contribution in [-0.4, -0.2) is 52.4 Å². The van der Waals surface area contributed by atoms with E-state index >= 15 is 0 Å². The average molecular weight is 498 g/mol. The van der Waals surface area contributed by atoms with Crippen LogP contribution in [0.1, 0.15) is 32.6 Å². The lowest BCUT2D eigenvalue weighted by Gasteiger charge is -2.28. The second kappa shape index (κ2) is 10.2. The lowest BCUT2D eigenvalue weighted by Crippen LogP contribution is -2.45. The first-order chi connectivity index (χ1) is 15.5. The van der Waals surface area contributed by atoms with Gasteiger partial charge in [-0.1, -0.05) is 12.8 Å². The summed E-state index contributed by atoms with van der Waals surface area (Å²) in [5.41, 5.74) is 0.481. The molecule has 3 rings (SSSR count). The molecular weight excluding hydrogens is 469 g/mol. The molecule has 1 atom stereocenters. The highest BCUT2D eigenvalue weighted by Crippen LogP contribution is 2.24. The number of nitrogens with one attached hydrogen (secondary N) is 1. The molecule has 0 radical (unpaired) electrons. The molecule has 0 aliphatic carbocycles. The predicted molar refractivity (Wildman–Crippen MR) is 125 cm³/mol. The minimum Gasteiger partial charge on any atom is -0.324 e. The molecular formula is C22H28FN3O5S2. The van der Waals surface area contributed by atoms with Gasteiger partial charge in [0.25, 0.3) is 0 Å². The van der Waals surface area contributed by atoms with E-state index < -0.39 is 37.8 Å². The highest BCUT2D eigenvalue weighted by Gasteiger charge is 2.29. The summed E-state index contributed by atoms with van der Waals surface area (Å²) >= 11 is 0. The Hall–Kier alpha value is -2.50. The smallest absolute Gasteiger partial charge is 0.247 e. The Kier molecular flexibility index (Phi) is 7.76. The molecule has 1 aliphatic rings. The van der Waals surface area contributed by atoms with Gasteiger partial charge in [-0.15, -0.1) is 0 Å². The number of carbonyl (C=O) groups excluding carboxylic acids is 1. The van der Waals surface area contributed by atoms with Crippen LogP contribution in [0.25, 0.3) is 0 Å². The normalized spacial score (nSPS) is 16.6. The Morgan fingerprint density at radius 1 is 0.939 bits per heavy atom. The highest BCUT2D eigenvalue weighted by atomic mass is 32.2. The van der Waals surface area contributed by atoms with E-state index in [9.17, 15) is 26.0 Å². The van der Waals surface area contributed by atoms with Crippen LogP contribution < -0.4 is 9.62 Å². The van der Waals surface area contributed by atoms with Crippen molar-refractivity contribution in [2.24, 2.45) is 0 Å². The predicted octanol–water partition coefficient (Wildman–Crippen LogP) is 3.18. The molecule has 1 fully saturated rings. The van der Waals surface area contributed by atoms with E-state index in [1.165, 1.54) is 47.6 Å². The average Bonchev–Trinajstić information content (AvgIpc) is 3.05. The Morgan fingerprint density at radius 2 is 1.48 bits per heavy atom. The molecule has 33 heavy (non-hydrogen) atoms. The van der Waals surface area contributed by atoms with Crippen molar-refractivity contribution >= 4 is 37.3 Å². The Balaban J connectivity index is 1.75. The quantitative estimate of drug-likeness (QED) is 0.633. The minimum atomic E-state index is -3.84. The lowest BCUT2D eigenvalue weighted by molar-refractivity contribution is -0.116. The summed E-state index contributed by atoms with van der Waals surface area (Å²) in [6.07, 6.45) is 4.64. The fourth-order valence-corrected chi connectivity index (χ4v) is 6.48. The molecule has 1 N–H and O–H groups in total. The lowest BCUT2D eigenvalue weighted by atomic mass is 10.2. The van der Waals surface area contributed by atoms with E-state index in [1.54, 1.807) is 0 Å². The third kappa shape index (κ3) is 6.10. The summed E-state index contributed by atoms with van der Waals surface area (Å²) in [4.78, 5) is 12.9. The van der Waals surface area contributed by atoms with Gasteiger partial charge in [-0.2, -0.15) is 4.31 Å². The standard InChI is InChI=1S/C22H28FN3O5S2/c1-17(26(32(2,28)29)20-11-7-18(23)8-12-20)22(27)24-19-9-13-21(14-10-19)33(30,31)25-15-5-3-4-6-16-25/h7-14,17H,3-6,15-16H2,1-2H3,(H,24,27). The molecule has 1 aliphatic heterocycles. The molecule has 11 heteroatoms. The van der Waals surface area contributed by atoms with Crippen molar-refractivity contribution in [2.45, 2.75) is 43.5 Å². The van der Waals surface area contributed by atoms with Crippen molar-refractivity contribution in [3.63, 3.8) is 0 Å². The maximum atomic E-state index is 13.3. The summed E-state index contributed by atoms with van der Waals surface area (Å²) in [6.45, 7) is 2.39. The third-order valence-electron chi connectivity index (χ3n) is 5.49. The van der Waals surface area contributed by atoms with Crippen molar-refractivity contribution in [1.82, 2.24) is 4.31 Å². The number of carbonyl (C=O) groups is 1. The summed E-state index contributed by atoms with van der Waals surface area (Å²) < 4.78 is 66.1. The number of hydrogen-bond acceptors (Lipinski definition) is 5. The van der Waals surface area contributed by atoms with Gasteiger partial charge in [0.05, 0.1) is 16.8 Å². The van der Waals surface area contributed by atoms with Crippen LogP contribution in [0.4, 0.5) is 15.8 Å². The van der Waals surface area contributed by atoms with Gasteiger partial charge in [0, 0.05) is 18.8 Å². The Bertz CT molecular complexity index is 1180. The summed E-state index contributed by atoms with van der Waals surface area (Å²) in [5.74, 6) is -1.15. The number of nitrogens with zero attached hydrogens (tertiary/aromatic N) is 2. The molecule has 1 saturated heterocycles. The molecule has 2 aromatic carbocycles. The summed E-state index contributed by atoms with van der Waals surface area (Å²) in [5, 5.41) is 2.62. The first kappa shape index (κ1) is 25.1. The van der Waals surface area contributed by atoms with Crippen LogP contribution in [-0.2, 0) is 24.8 Å². The van der Waals surface area contributed by atoms with Crippen LogP contribution in [0.3, 0.4) is 0 Å². The van der Waals surface area contributed by atoms with Crippen molar-refractivity contribution in [2.75, 3.05) is 29.0 Å². The van der Waals surface area contributed by atoms with Gasteiger partial charge in [-0.3, -0.25) is 9.10 Å². The monoisotopic (exact) mass is 497 g/mol. The van der Waals surface area contributed by atoms with Gasteiger partial charge in [0.15, 0.2) is 0 Å². The number of sulfonamides is 2. The molecule has 2 aromatic rings. The number of benzene rings is 2. The zero-order chi connectivity index (χ0) is 24.2. The minimum absolute atomic E-state index is 0.138. The molecule has 0 saturated carbocycles. The Morgan fingerprint density at radius 3 is 2.00 bits per heavy atom. The fourth-order valence-electron chi connectivity index (χ4n) is 3.78. The third-order valence-corrected chi connectivity index (χ3v) is 8.65. The zero-order valence-electron chi connectivity index (χ0n) is 18.6. The number of halogens is 1. The Labute approximate surface area is 194 Å². The van der Waals surface area contributed by atoms with E-state index in [2.05, 4.69) is 5.32 Å². The van der Waals surface area contributed by atoms with Gasteiger partial charge in [0.2, 0.25) is 26.0 Å². The number of anilines is 2. The van der Waals surface area contributed by atoms with Gasteiger partial charge in [0.1, 0.15) is 11.9 Å².